The lowest BCUT2D eigenvalue weighted by Gasteiger charge is -2.11. The molecule has 0 aliphatic heterocycles. The Bertz CT molecular complexity index is 898. The van der Waals surface area contributed by atoms with E-state index in [-0.39, 0.29) is 30.3 Å². The molecule has 0 aliphatic carbocycles. The van der Waals surface area contributed by atoms with Crippen molar-refractivity contribution in [1.82, 2.24) is 9.97 Å². The highest BCUT2D eigenvalue weighted by molar-refractivity contribution is 5.85. The van der Waals surface area contributed by atoms with E-state index in [0.717, 1.165) is 24.3 Å². The van der Waals surface area contributed by atoms with Crippen molar-refractivity contribution >= 4 is 23.9 Å². The summed E-state index contributed by atoms with van der Waals surface area (Å²) < 4.78 is 76.8. The molecule has 0 bridgehead atoms. The van der Waals surface area contributed by atoms with E-state index in [1.54, 1.807) is 0 Å². The average Bonchev–Trinajstić information content (AvgIpc) is 2.61. The zero-order chi connectivity index (χ0) is 20.4. The minimum atomic E-state index is -4.47. The number of nitrogens with zero attached hydrogens (tertiary/aromatic N) is 2. The first-order valence-electron chi connectivity index (χ1n) is 8.02. The number of benzene rings is 2. The Morgan fingerprint density at radius 3 is 2.03 bits per heavy atom. The lowest BCUT2D eigenvalue weighted by molar-refractivity contribution is -0.138. The van der Waals surface area contributed by atoms with Gasteiger partial charge in [-0.05, 0) is 29.8 Å². The molecule has 1 heterocycles. The molecule has 0 saturated carbocycles. The zero-order valence-corrected chi connectivity index (χ0v) is 15.4. The summed E-state index contributed by atoms with van der Waals surface area (Å²) in [5.74, 6) is 0.233. The molecule has 10 heteroatoms. The van der Waals surface area contributed by atoms with Crippen molar-refractivity contribution < 1.29 is 26.3 Å². The summed E-state index contributed by atoms with van der Waals surface area (Å²) in [4.78, 5) is 7.95. The van der Waals surface area contributed by atoms with E-state index < -0.39 is 23.5 Å². The van der Waals surface area contributed by atoms with Gasteiger partial charge >= 0.3 is 12.4 Å². The molecule has 0 atom stereocenters. The van der Waals surface area contributed by atoms with Crippen molar-refractivity contribution in [2.45, 2.75) is 18.8 Å². The fraction of sp³-hybridized carbons (Fsp3) is 0.158. The minimum Gasteiger partial charge on any atom is -0.340 e. The van der Waals surface area contributed by atoms with Crippen molar-refractivity contribution in [1.29, 1.82) is 0 Å². The van der Waals surface area contributed by atoms with E-state index in [1.807, 2.05) is 0 Å². The minimum absolute atomic E-state index is 0. The summed E-state index contributed by atoms with van der Waals surface area (Å²) in [6, 6.07) is 10.9. The summed E-state index contributed by atoms with van der Waals surface area (Å²) in [6.45, 7) is 0. The third-order valence-corrected chi connectivity index (χ3v) is 3.83. The van der Waals surface area contributed by atoms with E-state index in [4.69, 9.17) is 0 Å². The first kappa shape index (κ1) is 22.5. The molecule has 3 nitrogen and oxygen atoms in total. The maximum atomic E-state index is 12.8. The zero-order valence-electron chi connectivity index (χ0n) is 14.6. The molecule has 2 aromatic carbocycles. The molecular formula is C19H14ClF6N3. The van der Waals surface area contributed by atoms with Crippen LogP contribution in [0.5, 0.6) is 0 Å². The second kappa shape index (κ2) is 8.69. The van der Waals surface area contributed by atoms with Crippen LogP contribution in [0.25, 0.3) is 0 Å². The van der Waals surface area contributed by atoms with Crippen LogP contribution in [0.1, 0.15) is 22.4 Å². The fourth-order valence-corrected chi connectivity index (χ4v) is 2.55. The predicted molar refractivity (Wildman–Crippen MR) is 98.3 cm³/mol. The van der Waals surface area contributed by atoms with Crippen LogP contribution in [0.4, 0.5) is 37.8 Å². The molecule has 0 amide bonds. The Labute approximate surface area is 168 Å². The molecule has 0 fully saturated rings. The fourth-order valence-electron chi connectivity index (χ4n) is 2.55. The lowest BCUT2D eigenvalue weighted by atomic mass is 10.1. The number of nitrogens with one attached hydrogen (secondary N) is 1. The summed E-state index contributed by atoms with van der Waals surface area (Å²) in [5.41, 5.74) is -0.571. The van der Waals surface area contributed by atoms with Gasteiger partial charge < -0.3 is 5.32 Å². The maximum absolute atomic E-state index is 12.8. The van der Waals surface area contributed by atoms with Crippen LogP contribution in [0.3, 0.4) is 0 Å². The number of anilines is 2. The monoisotopic (exact) mass is 433 g/mol. The Hall–Kier alpha value is -2.81. The number of aromatic nitrogens is 2. The molecular weight excluding hydrogens is 420 g/mol. The summed E-state index contributed by atoms with van der Waals surface area (Å²) in [6.07, 6.45) is -7.61. The van der Waals surface area contributed by atoms with E-state index in [9.17, 15) is 26.3 Å². The van der Waals surface area contributed by atoms with Crippen LogP contribution >= 0.6 is 12.4 Å². The second-order valence-corrected chi connectivity index (χ2v) is 5.97. The maximum Gasteiger partial charge on any atom is 0.416 e. The van der Waals surface area contributed by atoms with Crippen LogP contribution in [0.2, 0.25) is 0 Å². The van der Waals surface area contributed by atoms with E-state index >= 15 is 0 Å². The second-order valence-electron chi connectivity index (χ2n) is 5.97. The van der Waals surface area contributed by atoms with Gasteiger partial charge in [0.05, 0.1) is 16.8 Å². The van der Waals surface area contributed by atoms with Crippen molar-refractivity contribution in [2.75, 3.05) is 5.32 Å². The molecule has 3 aromatic rings. The molecule has 3 rings (SSSR count). The van der Waals surface area contributed by atoms with E-state index in [2.05, 4.69) is 15.3 Å². The standard InChI is InChI=1S/C19H13F6N3.ClH/c20-18(21,22)13-4-1-3-12(7-13)8-16-10-17(27-11-26-16)28-15-6-2-5-14(9-15)19(23,24)25;/h1-7,9-11H,8H2,(H,26,27,28);1H. The number of hydrogen-bond donors (Lipinski definition) is 1. The first-order chi connectivity index (χ1) is 13.1. The third-order valence-electron chi connectivity index (χ3n) is 3.83. The molecule has 0 radical (unpaired) electrons. The Morgan fingerprint density at radius 2 is 1.38 bits per heavy atom. The smallest absolute Gasteiger partial charge is 0.340 e. The van der Waals surface area contributed by atoms with Crippen molar-refractivity contribution in [2.24, 2.45) is 0 Å². The summed E-state index contributed by atoms with van der Waals surface area (Å²) >= 11 is 0. The van der Waals surface area contributed by atoms with Crippen molar-refractivity contribution in [3.8, 4) is 0 Å². The van der Waals surface area contributed by atoms with Crippen LogP contribution in [0.15, 0.2) is 60.9 Å². The number of halogens is 7. The lowest BCUT2D eigenvalue weighted by Crippen LogP contribution is -2.06. The number of alkyl halides is 6. The van der Waals surface area contributed by atoms with Gasteiger partial charge in [0.25, 0.3) is 0 Å². The van der Waals surface area contributed by atoms with Gasteiger partial charge in [0, 0.05) is 18.2 Å². The predicted octanol–water partition coefficient (Wildman–Crippen LogP) is 6.27. The normalized spacial score (nSPS) is 11.7. The van der Waals surface area contributed by atoms with Crippen molar-refractivity contribution in [3.05, 3.63) is 83.3 Å². The molecule has 0 aliphatic rings. The van der Waals surface area contributed by atoms with Gasteiger partial charge in [-0.2, -0.15) is 26.3 Å². The van der Waals surface area contributed by atoms with Gasteiger partial charge in [-0.1, -0.05) is 24.3 Å². The highest BCUT2D eigenvalue weighted by atomic mass is 35.5. The van der Waals surface area contributed by atoms with Crippen LogP contribution < -0.4 is 5.32 Å². The van der Waals surface area contributed by atoms with Gasteiger partial charge in [0.2, 0.25) is 0 Å². The average molecular weight is 434 g/mol. The van der Waals surface area contributed by atoms with E-state index in [0.29, 0.717) is 11.3 Å². The number of rotatable bonds is 4. The molecule has 0 saturated heterocycles. The van der Waals surface area contributed by atoms with Crippen LogP contribution in [0, 0.1) is 0 Å². The highest BCUT2D eigenvalue weighted by Crippen LogP contribution is 2.32. The molecule has 1 N–H and O–H groups in total. The Balaban J connectivity index is 0.00000300. The first-order valence-corrected chi connectivity index (χ1v) is 8.02. The summed E-state index contributed by atoms with van der Waals surface area (Å²) in [5, 5.41) is 2.75. The summed E-state index contributed by atoms with van der Waals surface area (Å²) in [7, 11) is 0. The van der Waals surface area contributed by atoms with Crippen LogP contribution in [-0.4, -0.2) is 9.97 Å². The van der Waals surface area contributed by atoms with Gasteiger partial charge in [-0.3, -0.25) is 0 Å². The molecule has 154 valence electrons. The van der Waals surface area contributed by atoms with Gasteiger partial charge in [0.15, 0.2) is 0 Å². The van der Waals surface area contributed by atoms with Gasteiger partial charge in [-0.25, -0.2) is 9.97 Å². The third kappa shape index (κ3) is 6.08. The molecule has 1 aromatic heterocycles. The van der Waals surface area contributed by atoms with E-state index in [1.165, 1.54) is 36.7 Å². The molecule has 0 spiro atoms. The largest absolute Gasteiger partial charge is 0.416 e. The van der Waals surface area contributed by atoms with Gasteiger partial charge in [-0.15, -0.1) is 12.4 Å². The Morgan fingerprint density at radius 1 is 0.759 bits per heavy atom. The topological polar surface area (TPSA) is 37.8 Å². The molecule has 29 heavy (non-hydrogen) atoms. The number of hydrogen-bond acceptors (Lipinski definition) is 3. The van der Waals surface area contributed by atoms with Crippen molar-refractivity contribution in [3.63, 3.8) is 0 Å². The van der Waals surface area contributed by atoms with Gasteiger partial charge in [0.1, 0.15) is 12.1 Å². The SMILES string of the molecule is Cl.FC(F)(F)c1cccc(Cc2cc(Nc3cccc(C(F)(F)F)c3)ncn2)c1. The van der Waals surface area contributed by atoms with Crippen LogP contribution in [-0.2, 0) is 18.8 Å². The quantitative estimate of drug-likeness (QED) is 0.493. The molecule has 0 unspecified atom stereocenters. The Kier molecular flexibility index (Phi) is 6.73. The highest BCUT2D eigenvalue weighted by Gasteiger charge is 2.31.